The highest BCUT2D eigenvalue weighted by Crippen LogP contribution is 2.29. The number of rotatable bonds is 2. The van der Waals surface area contributed by atoms with Crippen molar-refractivity contribution in [2.45, 2.75) is 18.1 Å². The Bertz CT molecular complexity index is 650. The van der Waals surface area contributed by atoms with Crippen molar-refractivity contribution in [1.29, 1.82) is 0 Å². The van der Waals surface area contributed by atoms with E-state index in [0.717, 1.165) is 10.2 Å². The fraction of sp³-hybridized carbons (Fsp3) is 0.300. The quantitative estimate of drug-likeness (QED) is 0.772. The molecule has 17 heavy (non-hydrogen) atoms. The molecule has 1 heterocycles. The molecule has 0 radical (unpaired) electrons. The second kappa shape index (κ2) is 3.63. The van der Waals surface area contributed by atoms with Crippen molar-refractivity contribution in [1.82, 2.24) is 9.19 Å². The first-order chi connectivity index (χ1) is 7.85. The summed E-state index contributed by atoms with van der Waals surface area (Å²) in [5.41, 5.74) is 5.56. The lowest BCUT2D eigenvalue weighted by Gasteiger charge is -2.27. The summed E-state index contributed by atoms with van der Waals surface area (Å²) in [7, 11) is -3.72. The molecular weight excluding hydrogens is 242 g/mol. The molecule has 0 aromatic carbocycles. The van der Waals surface area contributed by atoms with Crippen LogP contribution in [0.4, 0.5) is 0 Å². The van der Waals surface area contributed by atoms with Gasteiger partial charge in [0.2, 0.25) is 0 Å². The summed E-state index contributed by atoms with van der Waals surface area (Å²) >= 11 is 0. The van der Waals surface area contributed by atoms with Crippen LogP contribution in [0.1, 0.15) is 13.3 Å². The topological polar surface area (TPSA) is 98.0 Å². The number of hydrogen-bond acceptors (Lipinski definition) is 4. The molecule has 0 fully saturated rings. The van der Waals surface area contributed by atoms with Gasteiger partial charge in [0.05, 0.1) is 0 Å². The van der Waals surface area contributed by atoms with Crippen molar-refractivity contribution < 1.29 is 8.42 Å². The number of H-pyrrole nitrogens is 1. The van der Waals surface area contributed by atoms with Gasteiger partial charge in [-0.3, -0.25) is 9.89 Å². The molecule has 3 N–H and O–H groups in total. The van der Waals surface area contributed by atoms with Crippen LogP contribution in [-0.2, 0) is 10.0 Å². The second-order valence-corrected chi connectivity index (χ2v) is 6.43. The molecule has 0 spiro atoms. The number of nitrogens with two attached hydrogens (primary N) is 1. The first-order valence-electron chi connectivity index (χ1n) is 5.03. The number of nitrogens with zero attached hydrogens (tertiary/aromatic N) is 1. The van der Waals surface area contributed by atoms with Crippen LogP contribution >= 0.6 is 0 Å². The summed E-state index contributed by atoms with van der Waals surface area (Å²) in [5.74, 6) is 0. The number of allylic oxidation sites excluding steroid dienone is 2. The zero-order valence-corrected chi connectivity index (χ0v) is 10.1. The molecule has 6 nitrogen and oxygen atoms in total. The third-order valence-corrected chi connectivity index (χ3v) is 4.93. The maximum Gasteiger partial charge on any atom is 0.264 e. The van der Waals surface area contributed by atoms with E-state index >= 15 is 0 Å². The highest BCUT2D eigenvalue weighted by Gasteiger charge is 2.39. The Balaban J connectivity index is 2.54. The monoisotopic (exact) mass is 255 g/mol. The van der Waals surface area contributed by atoms with E-state index in [-0.39, 0.29) is 0 Å². The maximum atomic E-state index is 12.3. The minimum Gasteiger partial charge on any atom is -0.399 e. The predicted molar refractivity (Wildman–Crippen MR) is 63.8 cm³/mol. The first kappa shape index (κ1) is 11.7. The van der Waals surface area contributed by atoms with E-state index in [2.05, 4.69) is 5.10 Å². The predicted octanol–water partition coefficient (Wildman–Crippen LogP) is -0.0845. The maximum absolute atomic E-state index is 12.3. The van der Waals surface area contributed by atoms with E-state index in [1.54, 1.807) is 19.1 Å². The molecule has 1 aliphatic carbocycles. The lowest BCUT2D eigenvalue weighted by Crippen LogP contribution is -2.39. The molecule has 0 saturated carbocycles. The SMILES string of the molecule is CC1(S(=O)(=O)n2ccc(=O)[nH]2)C=C(N)C=CC1. The highest BCUT2D eigenvalue weighted by atomic mass is 32.2. The Kier molecular flexibility index (Phi) is 2.50. The van der Waals surface area contributed by atoms with Gasteiger partial charge in [-0.1, -0.05) is 6.08 Å². The standard InChI is InChI=1S/C10H13N3O3S/c1-10(5-2-3-8(11)7-10)17(15,16)13-6-4-9(14)12-13/h2-4,6-7H,5,11H2,1H3,(H,12,14). The van der Waals surface area contributed by atoms with E-state index in [0.29, 0.717) is 12.1 Å². The highest BCUT2D eigenvalue weighted by molar-refractivity contribution is 7.91. The van der Waals surface area contributed by atoms with Crippen LogP contribution in [0.3, 0.4) is 0 Å². The Morgan fingerprint density at radius 1 is 1.53 bits per heavy atom. The summed E-state index contributed by atoms with van der Waals surface area (Å²) < 4.78 is 24.3. The lowest BCUT2D eigenvalue weighted by atomic mass is 10.0. The molecule has 0 saturated heterocycles. The smallest absolute Gasteiger partial charge is 0.264 e. The van der Waals surface area contributed by atoms with Crippen LogP contribution in [0.2, 0.25) is 0 Å². The van der Waals surface area contributed by atoms with Crippen LogP contribution in [0.15, 0.2) is 41.0 Å². The van der Waals surface area contributed by atoms with Crippen molar-refractivity contribution in [2.75, 3.05) is 0 Å². The van der Waals surface area contributed by atoms with Crippen molar-refractivity contribution in [3.05, 3.63) is 46.5 Å². The van der Waals surface area contributed by atoms with Crippen LogP contribution in [-0.4, -0.2) is 22.4 Å². The van der Waals surface area contributed by atoms with Crippen LogP contribution < -0.4 is 11.3 Å². The summed E-state index contributed by atoms with van der Waals surface area (Å²) in [6, 6.07) is 1.16. The number of hydrogen-bond donors (Lipinski definition) is 2. The molecule has 92 valence electrons. The van der Waals surface area contributed by atoms with Crippen LogP contribution in [0, 0.1) is 0 Å². The van der Waals surface area contributed by atoms with Gasteiger partial charge >= 0.3 is 0 Å². The van der Waals surface area contributed by atoms with Gasteiger partial charge in [-0.25, -0.2) is 8.42 Å². The van der Waals surface area contributed by atoms with E-state index in [4.69, 9.17) is 5.73 Å². The average molecular weight is 255 g/mol. The van der Waals surface area contributed by atoms with Gasteiger partial charge in [-0.2, -0.15) is 4.09 Å². The molecule has 0 amide bonds. The molecule has 1 aromatic heterocycles. The van der Waals surface area contributed by atoms with Crippen LogP contribution in [0.25, 0.3) is 0 Å². The largest absolute Gasteiger partial charge is 0.399 e. The van der Waals surface area contributed by atoms with Crippen molar-refractivity contribution >= 4 is 10.0 Å². The van der Waals surface area contributed by atoms with Gasteiger partial charge in [0.1, 0.15) is 4.75 Å². The minimum absolute atomic E-state index is 0.316. The number of aromatic amines is 1. The van der Waals surface area contributed by atoms with Crippen molar-refractivity contribution in [2.24, 2.45) is 5.73 Å². The Labute approximate surface area is 98.5 Å². The Morgan fingerprint density at radius 2 is 2.24 bits per heavy atom. The zero-order valence-electron chi connectivity index (χ0n) is 9.25. The van der Waals surface area contributed by atoms with Gasteiger partial charge < -0.3 is 5.73 Å². The van der Waals surface area contributed by atoms with Crippen LogP contribution in [0.5, 0.6) is 0 Å². The lowest BCUT2D eigenvalue weighted by molar-refractivity contribution is 0.544. The Morgan fingerprint density at radius 3 is 2.76 bits per heavy atom. The normalized spacial score (nSPS) is 24.6. The zero-order chi connectivity index (χ0) is 12.7. The summed E-state index contributed by atoms with van der Waals surface area (Å²) in [4.78, 5) is 11.0. The first-order valence-corrected chi connectivity index (χ1v) is 6.47. The second-order valence-electron chi connectivity index (χ2n) is 4.16. The summed E-state index contributed by atoms with van der Waals surface area (Å²) in [6.45, 7) is 1.57. The van der Waals surface area contributed by atoms with Crippen molar-refractivity contribution in [3.63, 3.8) is 0 Å². The van der Waals surface area contributed by atoms with Gasteiger partial charge in [-0.15, -0.1) is 0 Å². The third-order valence-electron chi connectivity index (χ3n) is 2.74. The summed E-state index contributed by atoms with van der Waals surface area (Å²) in [5, 5.41) is 2.23. The molecule has 1 aliphatic rings. The van der Waals surface area contributed by atoms with E-state index < -0.39 is 20.3 Å². The van der Waals surface area contributed by atoms with E-state index in [9.17, 15) is 13.2 Å². The molecule has 0 aliphatic heterocycles. The van der Waals surface area contributed by atoms with Gasteiger partial charge in [-0.05, 0) is 25.5 Å². The Hall–Kier alpha value is -1.76. The van der Waals surface area contributed by atoms with Crippen molar-refractivity contribution in [3.8, 4) is 0 Å². The van der Waals surface area contributed by atoms with E-state index in [1.165, 1.54) is 12.3 Å². The van der Waals surface area contributed by atoms with Gasteiger partial charge in [0.25, 0.3) is 15.6 Å². The van der Waals surface area contributed by atoms with Gasteiger partial charge in [0, 0.05) is 18.0 Å². The molecule has 2 rings (SSSR count). The molecular formula is C10H13N3O3S. The molecule has 1 unspecified atom stereocenters. The third kappa shape index (κ3) is 1.82. The molecule has 0 bridgehead atoms. The molecule has 1 atom stereocenters. The number of nitrogens with one attached hydrogen (secondary N) is 1. The average Bonchev–Trinajstić information content (AvgIpc) is 2.64. The summed E-state index contributed by atoms with van der Waals surface area (Å²) in [6.07, 6.45) is 6.37. The fourth-order valence-electron chi connectivity index (χ4n) is 1.75. The fourth-order valence-corrected chi connectivity index (χ4v) is 3.22. The molecule has 1 aromatic rings. The van der Waals surface area contributed by atoms with Gasteiger partial charge in [0.15, 0.2) is 0 Å². The minimum atomic E-state index is -3.72. The van der Waals surface area contributed by atoms with E-state index in [1.807, 2.05) is 0 Å². The molecule has 7 heteroatoms. The number of aromatic nitrogens is 2.